The van der Waals surface area contributed by atoms with Crippen LogP contribution in [0.4, 0.5) is 20.2 Å². The number of nitrogens with zero attached hydrogens (tertiary/aromatic N) is 1. The molecule has 2 N–H and O–H groups in total. The van der Waals surface area contributed by atoms with Crippen LogP contribution in [0.15, 0.2) is 48.5 Å². The quantitative estimate of drug-likeness (QED) is 0.680. The van der Waals surface area contributed by atoms with E-state index >= 15 is 0 Å². The first-order valence-corrected chi connectivity index (χ1v) is 9.87. The molecule has 0 aliphatic carbocycles. The molecule has 3 rings (SSSR count). The van der Waals surface area contributed by atoms with Crippen molar-refractivity contribution in [3.8, 4) is 5.75 Å². The summed E-state index contributed by atoms with van der Waals surface area (Å²) in [7, 11) is 0. The Bertz CT molecular complexity index is 838. The van der Waals surface area contributed by atoms with Crippen LogP contribution in [0.5, 0.6) is 5.75 Å². The summed E-state index contributed by atoms with van der Waals surface area (Å²) in [5, 5.41) is 6.19. The SMILES string of the molecule is CC(C)(CNC(=O)c1ccccc1Nc1ccc(OC(F)F)cc1)N1CCOCC1. The van der Waals surface area contributed by atoms with E-state index in [1.165, 1.54) is 12.1 Å². The smallest absolute Gasteiger partial charge is 0.387 e. The molecule has 1 amide bonds. The van der Waals surface area contributed by atoms with Gasteiger partial charge in [0.1, 0.15) is 5.75 Å². The lowest BCUT2D eigenvalue weighted by Gasteiger charge is -2.40. The van der Waals surface area contributed by atoms with E-state index in [1.807, 2.05) is 6.07 Å². The molecular formula is C22H27F2N3O3. The van der Waals surface area contributed by atoms with Gasteiger partial charge >= 0.3 is 6.61 Å². The third kappa shape index (κ3) is 5.90. The molecule has 2 aromatic carbocycles. The fraction of sp³-hybridized carbons (Fsp3) is 0.409. The first-order chi connectivity index (χ1) is 14.3. The van der Waals surface area contributed by atoms with Gasteiger partial charge < -0.3 is 20.1 Å². The third-order valence-corrected chi connectivity index (χ3v) is 5.08. The predicted molar refractivity (Wildman–Crippen MR) is 112 cm³/mol. The highest BCUT2D eigenvalue weighted by molar-refractivity contribution is 6.00. The van der Waals surface area contributed by atoms with E-state index in [9.17, 15) is 13.6 Å². The number of para-hydroxylation sites is 1. The highest BCUT2D eigenvalue weighted by Gasteiger charge is 2.29. The summed E-state index contributed by atoms with van der Waals surface area (Å²) in [6, 6.07) is 13.3. The topological polar surface area (TPSA) is 62.8 Å². The van der Waals surface area contributed by atoms with Gasteiger partial charge in [-0.25, -0.2) is 0 Å². The molecule has 0 saturated carbocycles. The second-order valence-corrected chi connectivity index (χ2v) is 7.67. The Kier molecular flexibility index (Phi) is 7.23. The molecule has 0 radical (unpaired) electrons. The number of benzene rings is 2. The molecule has 1 saturated heterocycles. The lowest BCUT2D eigenvalue weighted by Crippen LogP contribution is -2.55. The van der Waals surface area contributed by atoms with E-state index in [-0.39, 0.29) is 17.2 Å². The van der Waals surface area contributed by atoms with Gasteiger partial charge in [-0.1, -0.05) is 12.1 Å². The number of amides is 1. The van der Waals surface area contributed by atoms with Crippen LogP contribution in [0, 0.1) is 0 Å². The molecule has 0 bridgehead atoms. The first kappa shape index (κ1) is 22.0. The summed E-state index contributed by atoms with van der Waals surface area (Å²) in [5.74, 6) is -0.107. The van der Waals surface area contributed by atoms with Gasteiger partial charge in [0.25, 0.3) is 5.91 Å². The van der Waals surface area contributed by atoms with Crippen molar-refractivity contribution in [2.75, 3.05) is 38.2 Å². The van der Waals surface area contributed by atoms with Crippen LogP contribution in [0.3, 0.4) is 0 Å². The molecule has 8 heteroatoms. The van der Waals surface area contributed by atoms with Crippen molar-refractivity contribution in [2.24, 2.45) is 0 Å². The molecule has 0 atom stereocenters. The van der Waals surface area contributed by atoms with Crippen molar-refractivity contribution in [1.29, 1.82) is 0 Å². The van der Waals surface area contributed by atoms with Crippen LogP contribution in [0.25, 0.3) is 0 Å². The largest absolute Gasteiger partial charge is 0.435 e. The molecule has 0 aromatic heterocycles. The maximum atomic E-state index is 12.9. The van der Waals surface area contributed by atoms with Gasteiger partial charge in [0.15, 0.2) is 0 Å². The monoisotopic (exact) mass is 419 g/mol. The molecule has 6 nitrogen and oxygen atoms in total. The van der Waals surface area contributed by atoms with Crippen molar-refractivity contribution >= 4 is 17.3 Å². The molecule has 0 spiro atoms. The number of hydrogen-bond donors (Lipinski definition) is 2. The third-order valence-electron chi connectivity index (χ3n) is 5.08. The summed E-state index contributed by atoms with van der Waals surface area (Å²) in [4.78, 5) is 15.2. The van der Waals surface area contributed by atoms with E-state index in [0.717, 1.165) is 13.1 Å². The molecule has 1 aliphatic heterocycles. The Labute approximate surface area is 175 Å². The Morgan fingerprint density at radius 3 is 2.47 bits per heavy atom. The normalized spacial score (nSPS) is 15.1. The van der Waals surface area contributed by atoms with Gasteiger partial charge in [0, 0.05) is 30.9 Å². The number of nitrogens with one attached hydrogen (secondary N) is 2. The van der Waals surface area contributed by atoms with Crippen LogP contribution in [-0.4, -0.2) is 55.8 Å². The Hall–Kier alpha value is -2.71. The zero-order chi connectivity index (χ0) is 21.6. The van der Waals surface area contributed by atoms with E-state index < -0.39 is 6.61 Å². The number of ether oxygens (including phenoxy) is 2. The number of carbonyl (C=O) groups excluding carboxylic acids is 1. The van der Waals surface area contributed by atoms with E-state index in [4.69, 9.17) is 4.74 Å². The van der Waals surface area contributed by atoms with Crippen LogP contribution in [-0.2, 0) is 4.74 Å². The van der Waals surface area contributed by atoms with E-state index in [1.54, 1.807) is 30.3 Å². The number of rotatable bonds is 8. The molecular weight excluding hydrogens is 392 g/mol. The fourth-order valence-corrected chi connectivity index (χ4v) is 3.34. The molecule has 1 aliphatic rings. The van der Waals surface area contributed by atoms with E-state index in [2.05, 4.69) is 34.1 Å². The van der Waals surface area contributed by atoms with Gasteiger partial charge in [0.05, 0.1) is 24.5 Å². The summed E-state index contributed by atoms with van der Waals surface area (Å²) >= 11 is 0. The number of alkyl halides is 2. The average molecular weight is 419 g/mol. The highest BCUT2D eigenvalue weighted by Crippen LogP contribution is 2.24. The van der Waals surface area contributed by atoms with Gasteiger partial charge in [0.2, 0.25) is 0 Å². The van der Waals surface area contributed by atoms with Gasteiger partial charge in [-0.05, 0) is 50.2 Å². The van der Waals surface area contributed by atoms with Gasteiger partial charge in [-0.2, -0.15) is 8.78 Å². The Morgan fingerprint density at radius 2 is 1.80 bits per heavy atom. The number of morpholine rings is 1. The fourth-order valence-electron chi connectivity index (χ4n) is 3.34. The van der Waals surface area contributed by atoms with Crippen molar-refractivity contribution < 1.29 is 23.0 Å². The predicted octanol–water partition coefficient (Wildman–Crippen LogP) is 3.87. The standard InChI is InChI=1S/C22H27F2N3O3/c1-22(2,27-11-13-29-14-12-27)15-25-20(28)18-5-3-4-6-19(18)26-16-7-9-17(10-8-16)30-21(23)24/h3-10,21,26H,11-15H2,1-2H3,(H,25,28). The Morgan fingerprint density at radius 1 is 1.13 bits per heavy atom. The lowest BCUT2D eigenvalue weighted by molar-refractivity contribution is -0.0498. The molecule has 0 unspecified atom stereocenters. The highest BCUT2D eigenvalue weighted by atomic mass is 19.3. The number of anilines is 2. The molecule has 162 valence electrons. The van der Waals surface area contributed by atoms with Crippen molar-refractivity contribution in [2.45, 2.75) is 26.0 Å². The van der Waals surface area contributed by atoms with Crippen LogP contribution in [0.1, 0.15) is 24.2 Å². The second kappa shape index (κ2) is 9.86. The number of carbonyl (C=O) groups is 1. The maximum absolute atomic E-state index is 12.9. The maximum Gasteiger partial charge on any atom is 0.387 e. The number of hydrogen-bond acceptors (Lipinski definition) is 5. The van der Waals surface area contributed by atoms with Crippen LogP contribution < -0.4 is 15.4 Å². The number of halogens is 2. The van der Waals surface area contributed by atoms with Crippen LogP contribution >= 0.6 is 0 Å². The minimum absolute atomic E-state index is 0.0759. The van der Waals surface area contributed by atoms with E-state index in [0.29, 0.717) is 36.7 Å². The van der Waals surface area contributed by atoms with Crippen molar-refractivity contribution in [3.05, 3.63) is 54.1 Å². The molecule has 30 heavy (non-hydrogen) atoms. The summed E-state index contributed by atoms with van der Waals surface area (Å²) in [5.41, 5.74) is 1.60. The van der Waals surface area contributed by atoms with Crippen molar-refractivity contribution in [1.82, 2.24) is 10.2 Å². The minimum Gasteiger partial charge on any atom is -0.435 e. The average Bonchev–Trinajstić information content (AvgIpc) is 2.74. The Balaban J connectivity index is 1.64. The molecule has 1 heterocycles. The van der Waals surface area contributed by atoms with Gasteiger partial charge in [-0.15, -0.1) is 0 Å². The minimum atomic E-state index is -2.87. The summed E-state index contributed by atoms with van der Waals surface area (Å²) in [6.07, 6.45) is 0. The molecule has 2 aromatic rings. The molecule has 1 fully saturated rings. The zero-order valence-electron chi connectivity index (χ0n) is 17.2. The lowest BCUT2D eigenvalue weighted by atomic mass is 10.0. The summed E-state index contributed by atoms with van der Waals surface area (Å²) in [6.45, 7) is 4.92. The second-order valence-electron chi connectivity index (χ2n) is 7.67. The summed E-state index contributed by atoms with van der Waals surface area (Å²) < 4.78 is 34.4. The first-order valence-electron chi connectivity index (χ1n) is 9.87. The van der Waals surface area contributed by atoms with Gasteiger partial charge in [-0.3, -0.25) is 9.69 Å². The van der Waals surface area contributed by atoms with Crippen LogP contribution in [0.2, 0.25) is 0 Å². The van der Waals surface area contributed by atoms with Crippen molar-refractivity contribution in [3.63, 3.8) is 0 Å². The zero-order valence-corrected chi connectivity index (χ0v) is 17.2.